The number of rotatable bonds is 4. The van der Waals surface area contributed by atoms with Gasteiger partial charge in [0.05, 0.1) is 18.1 Å². The topological polar surface area (TPSA) is 101 Å². The lowest BCUT2D eigenvalue weighted by molar-refractivity contribution is 0.285. The van der Waals surface area contributed by atoms with E-state index < -0.39 is 19.9 Å². The Balaban J connectivity index is 2.06. The van der Waals surface area contributed by atoms with Crippen molar-refractivity contribution in [2.75, 3.05) is 11.5 Å². The largest absolute Gasteiger partial charge is 0.391 e. The van der Waals surface area contributed by atoms with Crippen LogP contribution in [0.5, 0.6) is 0 Å². The van der Waals surface area contributed by atoms with Crippen LogP contribution in [0, 0.1) is 0 Å². The normalized spacial score (nSPS) is 20.5. The fraction of sp³-hybridized carbons (Fsp3) is 0.600. The summed E-state index contributed by atoms with van der Waals surface area (Å²) in [6.07, 6.45) is 0.611. The summed E-state index contributed by atoms with van der Waals surface area (Å²) in [5, 5.41) is 8.92. The lowest BCUT2D eigenvalue weighted by Crippen LogP contribution is -2.40. The number of sulfonamides is 1. The van der Waals surface area contributed by atoms with Gasteiger partial charge in [-0.2, -0.15) is 0 Å². The summed E-state index contributed by atoms with van der Waals surface area (Å²) >= 11 is 1.01. The average Bonchev–Trinajstić information content (AvgIpc) is 2.81. The second-order valence-electron chi connectivity index (χ2n) is 4.43. The van der Waals surface area contributed by atoms with E-state index in [-0.39, 0.29) is 28.4 Å². The van der Waals surface area contributed by atoms with Crippen LogP contribution in [0.15, 0.2) is 16.3 Å². The second kappa shape index (κ2) is 5.49. The summed E-state index contributed by atoms with van der Waals surface area (Å²) in [5.74, 6) is 0.0407. The van der Waals surface area contributed by atoms with Crippen molar-refractivity contribution in [3.8, 4) is 0 Å². The van der Waals surface area contributed by atoms with Crippen molar-refractivity contribution in [1.82, 2.24) is 4.72 Å². The molecule has 1 aromatic rings. The number of aliphatic hydroxyl groups excluding tert-OH is 1. The molecule has 0 bridgehead atoms. The van der Waals surface area contributed by atoms with E-state index in [0.29, 0.717) is 17.7 Å². The molecule has 19 heavy (non-hydrogen) atoms. The molecule has 1 saturated heterocycles. The first-order chi connectivity index (χ1) is 8.82. The summed E-state index contributed by atoms with van der Waals surface area (Å²) in [5.41, 5.74) is 0. The van der Waals surface area contributed by atoms with Crippen molar-refractivity contribution in [2.24, 2.45) is 0 Å². The standard InChI is InChI=1S/C10H15NO5S3/c12-7-9-1-2-10(17-9)19(15,16)11-8-3-5-18(13,14)6-4-8/h1-2,8,11-12H,3-7H2. The van der Waals surface area contributed by atoms with E-state index in [0.717, 1.165) is 11.3 Å². The zero-order valence-corrected chi connectivity index (χ0v) is 12.5. The smallest absolute Gasteiger partial charge is 0.250 e. The Morgan fingerprint density at radius 1 is 1.32 bits per heavy atom. The quantitative estimate of drug-likeness (QED) is 0.817. The Morgan fingerprint density at radius 2 is 1.95 bits per heavy atom. The van der Waals surface area contributed by atoms with Crippen molar-refractivity contribution in [3.05, 3.63) is 17.0 Å². The van der Waals surface area contributed by atoms with Crippen molar-refractivity contribution in [3.63, 3.8) is 0 Å². The van der Waals surface area contributed by atoms with Crippen molar-refractivity contribution < 1.29 is 21.9 Å². The van der Waals surface area contributed by atoms with Gasteiger partial charge < -0.3 is 5.11 Å². The molecule has 2 rings (SSSR count). The van der Waals surface area contributed by atoms with Crippen LogP contribution < -0.4 is 4.72 Å². The predicted octanol–water partition coefficient (Wildman–Crippen LogP) is 0.0959. The molecule has 9 heteroatoms. The highest BCUT2D eigenvalue weighted by molar-refractivity contribution is 7.92. The van der Waals surface area contributed by atoms with Crippen LogP contribution in [0.25, 0.3) is 0 Å². The lowest BCUT2D eigenvalue weighted by atomic mass is 10.2. The monoisotopic (exact) mass is 325 g/mol. The van der Waals surface area contributed by atoms with Gasteiger partial charge in [0.15, 0.2) is 0 Å². The number of nitrogens with one attached hydrogen (secondary N) is 1. The van der Waals surface area contributed by atoms with Crippen molar-refractivity contribution >= 4 is 31.2 Å². The molecule has 108 valence electrons. The Bertz CT molecular complexity index is 632. The molecular formula is C10H15NO5S3. The van der Waals surface area contributed by atoms with E-state index in [1.807, 2.05) is 0 Å². The van der Waals surface area contributed by atoms with E-state index in [2.05, 4.69) is 4.72 Å². The fourth-order valence-electron chi connectivity index (χ4n) is 1.87. The van der Waals surface area contributed by atoms with E-state index in [4.69, 9.17) is 5.11 Å². The highest BCUT2D eigenvalue weighted by atomic mass is 32.2. The van der Waals surface area contributed by atoms with Crippen LogP contribution in [0.1, 0.15) is 17.7 Å². The minimum absolute atomic E-state index is 0.0204. The molecule has 0 saturated carbocycles. The molecule has 1 aliphatic rings. The molecule has 1 aromatic heterocycles. The van der Waals surface area contributed by atoms with E-state index in [1.165, 1.54) is 6.07 Å². The predicted molar refractivity (Wildman–Crippen MR) is 72.2 cm³/mol. The molecule has 2 N–H and O–H groups in total. The SMILES string of the molecule is O=S1(=O)CCC(NS(=O)(=O)c2ccc(CO)s2)CC1. The molecular weight excluding hydrogens is 310 g/mol. The number of sulfone groups is 1. The maximum absolute atomic E-state index is 12.1. The highest BCUT2D eigenvalue weighted by Gasteiger charge is 2.28. The second-order valence-corrected chi connectivity index (χ2v) is 9.84. The van der Waals surface area contributed by atoms with Crippen molar-refractivity contribution in [2.45, 2.75) is 29.7 Å². The number of hydrogen-bond acceptors (Lipinski definition) is 6. The van der Waals surface area contributed by atoms with E-state index in [9.17, 15) is 16.8 Å². The van der Waals surface area contributed by atoms with Gasteiger partial charge in [0.1, 0.15) is 14.0 Å². The fourth-order valence-corrected chi connectivity index (χ4v) is 5.90. The minimum Gasteiger partial charge on any atom is -0.391 e. The highest BCUT2D eigenvalue weighted by Crippen LogP contribution is 2.23. The number of hydrogen-bond donors (Lipinski definition) is 2. The Hall–Kier alpha value is -0.480. The van der Waals surface area contributed by atoms with Crippen LogP contribution in [0.4, 0.5) is 0 Å². The lowest BCUT2D eigenvalue weighted by Gasteiger charge is -2.22. The first-order valence-corrected chi connectivity index (χ1v) is 9.87. The molecule has 1 fully saturated rings. The van der Waals surface area contributed by atoms with Gasteiger partial charge in [-0.1, -0.05) is 0 Å². The molecule has 0 unspecified atom stereocenters. The zero-order valence-electron chi connectivity index (χ0n) is 10.1. The average molecular weight is 325 g/mol. The summed E-state index contributed by atoms with van der Waals surface area (Å²) in [6.45, 7) is -0.193. The Morgan fingerprint density at radius 3 is 2.47 bits per heavy atom. The molecule has 0 spiro atoms. The number of thiophene rings is 1. The van der Waals surface area contributed by atoms with Gasteiger partial charge in [-0.15, -0.1) is 11.3 Å². The summed E-state index contributed by atoms with van der Waals surface area (Å²) in [6, 6.07) is 2.66. The molecule has 0 radical (unpaired) electrons. The van der Waals surface area contributed by atoms with Gasteiger partial charge in [-0.25, -0.2) is 21.6 Å². The zero-order chi connectivity index (χ0) is 14.1. The van der Waals surface area contributed by atoms with Gasteiger partial charge in [0.2, 0.25) is 10.0 Å². The third-order valence-corrected chi connectivity index (χ3v) is 7.73. The van der Waals surface area contributed by atoms with E-state index >= 15 is 0 Å². The summed E-state index contributed by atoms with van der Waals surface area (Å²) in [4.78, 5) is 0.576. The molecule has 6 nitrogen and oxygen atoms in total. The summed E-state index contributed by atoms with van der Waals surface area (Å²) < 4.78 is 49.3. The van der Waals surface area contributed by atoms with Crippen molar-refractivity contribution in [1.29, 1.82) is 0 Å². The van der Waals surface area contributed by atoms with Crippen LogP contribution in [0.3, 0.4) is 0 Å². The van der Waals surface area contributed by atoms with Crippen LogP contribution in [0.2, 0.25) is 0 Å². The van der Waals surface area contributed by atoms with E-state index in [1.54, 1.807) is 6.07 Å². The number of aliphatic hydroxyl groups is 1. The molecule has 0 amide bonds. The molecule has 0 atom stereocenters. The first kappa shape index (κ1) is 14.9. The minimum atomic E-state index is -3.62. The first-order valence-electron chi connectivity index (χ1n) is 5.75. The van der Waals surface area contributed by atoms with Gasteiger partial charge in [-0.3, -0.25) is 0 Å². The molecule has 2 heterocycles. The summed E-state index contributed by atoms with van der Waals surface area (Å²) in [7, 11) is -6.62. The van der Waals surface area contributed by atoms with Crippen LogP contribution in [-0.2, 0) is 26.5 Å². The third-order valence-electron chi connectivity index (χ3n) is 2.93. The Kier molecular flexibility index (Phi) is 4.31. The van der Waals surface area contributed by atoms with Gasteiger partial charge in [0, 0.05) is 10.9 Å². The Labute approximate surface area is 116 Å². The van der Waals surface area contributed by atoms with Gasteiger partial charge in [-0.05, 0) is 25.0 Å². The molecule has 0 aromatic carbocycles. The van der Waals surface area contributed by atoms with Gasteiger partial charge in [0.25, 0.3) is 0 Å². The van der Waals surface area contributed by atoms with Crippen LogP contribution in [-0.4, -0.2) is 39.5 Å². The molecule has 1 aliphatic heterocycles. The maximum Gasteiger partial charge on any atom is 0.250 e. The van der Waals surface area contributed by atoms with Crippen LogP contribution >= 0.6 is 11.3 Å². The van der Waals surface area contributed by atoms with Gasteiger partial charge >= 0.3 is 0 Å². The molecule has 0 aliphatic carbocycles. The maximum atomic E-state index is 12.1. The third kappa shape index (κ3) is 3.76.